The fourth-order valence-corrected chi connectivity index (χ4v) is 1.33. The zero-order valence-corrected chi connectivity index (χ0v) is 7.79. The lowest BCUT2D eigenvalue weighted by atomic mass is 10.2. The molecule has 0 saturated heterocycles. The van der Waals surface area contributed by atoms with Crippen molar-refractivity contribution < 1.29 is 8.78 Å². The van der Waals surface area contributed by atoms with Gasteiger partial charge < -0.3 is 4.98 Å². The molecular weight excluding hydrogens is 223 g/mol. The third kappa shape index (κ3) is 2.00. The fourth-order valence-electron chi connectivity index (χ4n) is 0.817. The van der Waals surface area contributed by atoms with Gasteiger partial charge in [-0.2, -0.15) is 0 Å². The van der Waals surface area contributed by atoms with Gasteiger partial charge in [-0.3, -0.25) is 4.79 Å². The SMILES string of the molecule is O=c1c(C(F)F)c[nH]c(CCl)c1Cl. The molecule has 0 aromatic carbocycles. The highest BCUT2D eigenvalue weighted by atomic mass is 35.5. The van der Waals surface area contributed by atoms with E-state index in [0.29, 0.717) is 0 Å². The zero-order chi connectivity index (χ0) is 10.0. The molecule has 0 unspecified atom stereocenters. The molecule has 1 aromatic rings. The predicted octanol–water partition coefficient (Wildman–Crippen LogP) is 2.70. The molecule has 2 nitrogen and oxygen atoms in total. The van der Waals surface area contributed by atoms with Crippen molar-refractivity contribution in [1.29, 1.82) is 0 Å². The first-order chi connectivity index (χ1) is 6.07. The summed E-state index contributed by atoms with van der Waals surface area (Å²) in [4.78, 5) is 13.5. The van der Waals surface area contributed by atoms with E-state index in [4.69, 9.17) is 23.2 Å². The normalized spacial score (nSPS) is 10.8. The molecule has 72 valence electrons. The largest absolute Gasteiger partial charge is 0.362 e. The third-order valence-corrected chi connectivity index (χ3v) is 2.16. The van der Waals surface area contributed by atoms with Crippen LogP contribution >= 0.6 is 23.2 Å². The van der Waals surface area contributed by atoms with E-state index in [1.54, 1.807) is 0 Å². The maximum Gasteiger partial charge on any atom is 0.269 e. The minimum Gasteiger partial charge on any atom is -0.362 e. The van der Waals surface area contributed by atoms with Gasteiger partial charge in [0.1, 0.15) is 5.02 Å². The number of halogens is 4. The summed E-state index contributed by atoms with van der Waals surface area (Å²) >= 11 is 10.9. The molecule has 0 saturated carbocycles. The first-order valence-electron chi connectivity index (χ1n) is 3.32. The Bertz CT molecular complexity index is 364. The van der Waals surface area contributed by atoms with Crippen LogP contribution in [0, 0.1) is 0 Å². The highest BCUT2D eigenvalue weighted by Gasteiger charge is 2.15. The third-order valence-electron chi connectivity index (χ3n) is 1.50. The van der Waals surface area contributed by atoms with Crippen molar-refractivity contribution in [3.05, 3.63) is 32.7 Å². The Hall–Kier alpha value is -0.610. The van der Waals surface area contributed by atoms with Crippen LogP contribution in [0.2, 0.25) is 5.02 Å². The number of hydrogen-bond acceptors (Lipinski definition) is 1. The van der Waals surface area contributed by atoms with E-state index >= 15 is 0 Å². The number of rotatable bonds is 2. The van der Waals surface area contributed by atoms with Crippen molar-refractivity contribution in [2.45, 2.75) is 12.3 Å². The van der Waals surface area contributed by atoms with Gasteiger partial charge in [0, 0.05) is 6.20 Å². The van der Waals surface area contributed by atoms with Crippen molar-refractivity contribution in [2.75, 3.05) is 0 Å². The number of H-pyrrole nitrogens is 1. The summed E-state index contributed by atoms with van der Waals surface area (Å²) in [6, 6.07) is 0. The number of hydrogen-bond donors (Lipinski definition) is 1. The Morgan fingerprint density at radius 1 is 1.54 bits per heavy atom. The molecule has 0 fully saturated rings. The molecule has 1 aromatic heterocycles. The van der Waals surface area contributed by atoms with E-state index in [2.05, 4.69) is 4.98 Å². The number of nitrogens with one attached hydrogen (secondary N) is 1. The van der Waals surface area contributed by atoms with Gasteiger partial charge in [-0.1, -0.05) is 11.6 Å². The van der Waals surface area contributed by atoms with Crippen LogP contribution < -0.4 is 5.43 Å². The summed E-state index contributed by atoms with van der Waals surface area (Å²) in [5.41, 5.74) is -1.26. The molecule has 0 aliphatic rings. The molecule has 1 rings (SSSR count). The Morgan fingerprint density at radius 2 is 2.15 bits per heavy atom. The molecule has 0 aliphatic carbocycles. The molecule has 0 atom stereocenters. The first-order valence-corrected chi connectivity index (χ1v) is 4.23. The molecule has 0 amide bonds. The van der Waals surface area contributed by atoms with Crippen LogP contribution in [-0.2, 0) is 5.88 Å². The van der Waals surface area contributed by atoms with E-state index in [-0.39, 0.29) is 16.6 Å². The van der Waals surface area contributed by atoms with Crippen LogP contribution in [0.15, 0.2) is 11.0 Å². The molecular formula is C7H5Cl2F2NO. The van der Waals surface area contributed by atoms with E-state index in [1.165, 1.54) is 0 Å². The van der Waals surface area contributed by atoms with Gasteiger partial charge in [0.15, 0.2) is 0 Å². The molecule has 0 aliphatic heterocycles. The van der Waals surface area contributed by atoms with Crippen LogP contribution in [0.5, 0.6) is 0 Å². The Morgan fingerprint density at radius 3 is 2.62 bits per heavy atom. The fraction of sp³-hybridized carbons (Fsp3) is 0.286. The highest BCUT2D eigenvalue weighted by Crippen LogP contribution is 2.18. The number of aromatic nitrogens is 1. The molecule has 6 heteroatoms. The Kier molecular flexibility index (Phi) is 3.27. The van der Waals surface area contributed by atoms with Crippen molar-refractivity contribution in [2.24, 2.45) is 0 Å². The average molecular weight is 228 g/mol. The summed E-state index contributed by atoms with van der Waals surface area (Å²) in [5.74, 6) is -0.0163. The minimum atomic E-state index is -2.83. The summed E-state index contributed by atoms with van der Waals surface area (Å²) in [6.07, 6.45) is -1.90. The Labute approximate surface area is 82.5 Å². The van der Waals surface area contributed by atoms with Crippen LogP contribution in [0.1, 0.15) is 17.7 Å². The van der Waals surface area contributed by atoms with Gasteiger partial charge in [0.2, 0.25) is 5.43 Å². The van der Waals surface area contributed by atoms with Crippen LogP contribution in [0.4, 0.5) is 8.78 Å². The van der Waals surface area contributed by atoms with E-state index in [1.807, 2.05) is 0 Å². The van der Waals surface area contributed by atoms with Crippen LogP contribution in [0.3, 0.4) is 0 Å². The lowest BCUT2D eigenvalue weighted by Gasteiger charge is -2.02. The summed E-state index contributed by atoms with van der Waals surface area (Å²) < 4.78 is 24.3. The van der Waals surface area contributed by atoms with Crippen molar-refractivity contribution >= 4 is 23.2 Å². The van der Waals surface area contributed by atoms with Gasteiger partial charge in [-0.05, 0) is 0 Å². The standard InChI is InChI=1S/C7H5Cl2F2NO/c8-1-4-5(9)6(13)3(2-12-4)7(10)11/h2,7H,1H2,(H,12,13). The predicted molar refractivity (Wildman–Crippen MR) is 46.6 cm³/mol. The topological polar surface area (TPSA) is 32.9 Å². The maximum absolute atomic E-state index is 12.1. The second kappa shape index (κ2) is 4.07. The lowest BCUT2D eigenvalue weighted by Crippen LogP contribution is -2.12. The summed E-state index contributed by atoms with van der Waals surface area (Å²) in [5, 5.41) is -0.271. The molecule has 0 spiro atoms. The van der Waals surface area contributed by atoms with E-state index < -0.39 is 17.4 Å². The molecule has 0 radical (unpaired) electrons. The van der Waals surface area contributed by atoms with Gasteiger partial charge in [0.25, 0.3) is 6.43 Å². The van der Waals surface area contributed by atoms with Crippen molar-refractivity contribution in [1.82, 2.24) is 4.98 Å². The smallest absolute Gasteiger partial charge is 0.269 e. The average Bonchev–Trinajstić information content (AvgIpc) is 2.09. The van der Waals surface area contributed by atoms with E-state index in [0.717, 1.165) is 6.20 Å². The van der Waals surface area contributed by atoms with Crippen molar-refractivity contribution in [3.8, 4) is 0 Å². The molecule has 1 heterocycles. The lowest BCUT2D eigenvalue weighted by molar-refractivity contribution is 0.149. The van der Waals surface area contributed by atoms with Gasteiger partial charge >= 0.3 is 0 Å². The van der Waals surface area contributed by atoms with Gasteiger partial charge in [-0.15, -0.1) is 11.6 Å². The van der Waals surface area contributed by atoms with E-state index in [9.17, 15) is 13.6 Å². The first kappa shape index (κ1) is 10.5. The maximum atomic E-state index is 12.1. The molecule has 13 heavy (non-hydrogen) atoms. The number of pyridine rings is 1. The monoisotopic (exact) mass is 227 g/mol. The summed E-state index contributed by atoms with van der Waals surface area (Å²) in [6.45, 7) is 0. The van der Waals surface area contributed by atoms with Crippen LogP contribution in [-0.4, -0.2) is 4.98 Å². The summed E-state index contributed by atoms with van der Waals surface area (Å²) in [7, 11) is 0. The molecule has 1 N–H and O–H groups in total. The Balaban J connectivity index is 3.32. The van der Waals surface area contributed by atoms with Gasteiger partial charge in [-0.25, -0.2) is 8.78 Å². The zero-order valence-electron chi connectivity index (χ0n) is 6.28. The highest BCUT2D eigenvalue weighted by molar-refractivity contribution is 6.32. The number of alkyl halides is 3. The second-order valence-corrected chi connectivity index (χ2v) is 2.95. The quantitative estimate of drug-likeness (QED) is 0.775. The van der Waals surface area contributed by atoms with Crippen LogP contribution in [0.25, 0.3) is 0 Å². The number of aromatic amines is 1. The van der Waals surface area contributed by atoms with Gasteiger partial charge in [0.05, 0.1) is 17.1 Å². The molecule has 0 bridgehead atoms. The van der Waals surface area contributed by atoms with Crippen molar-refractivity contribution in [3.63, 3.8) is 0 Å². The minimum absolute atomic E-state index is 0.0163. The second-order valence-electron chi connectivity index (χ2n) is 2.30.